The number of hydrogen-bond acceptors (Lipinski definition) is 8. The van der Waals surface area contributed by atoms with Crippen LogP contribution in [0.5, 0.6) is 17.2 Å². The Hall–Kier alpha value is -3.24. The van der Waals surface area contributed by atoms with Crippen LogP contribution < -0.4 is 20.3 Å². The van der Waals surface area contributed by atoms with Crippen LogP contribution in [0.3, 0.4) is 0 Å². The van der Waals surface area contributed by atoms with Gasteiger partial charge in [-0.2, -0.15) is 0 Å². The number of esters is 1. The van der Waals surface area contributed by atoms with Crippen LogP contribution in [-0.2, 0) is 18.9 Å². The van der Waals surface area contributed by atoms with Crippen LogP contribution in [0, 0.1) is 0 Å². The quantitative estimate of drug-likeness (QED) is 0.299. The van der Waals surface area contributed by atoms with Crippen molar-refractivity contribution in [3.8, 4) is 17.2 Å². The number of rotatable bonds is 10. The molecule has 1 heterocycles. The van der Waals surface area contributed by atoms with Gasteiger partial charge in [0.25, 0.3) is 0 Å². The van der Waals surface area contributed by atoms with E-state index in [1.807, 2.05) is 32.9 Å². The van der Waals surface area contributed by atoms with Gasteiger partial charge >= 0.3 is 19.2 Å². The Morgan fingerprint density at radius 3 is 2.60 bits per heavy atom. The molecule has 1 atom stereocenters. The Morgan fingerprint density at radius 2 is 1.86 bits per heavy atom. The Morgan fingerprint density at radius 1 is 1.11 bits per heavy atom. The van der Waals surface area contributed by atoms with Gasteiger partial charge in [0.15, 0.2) is 0 Å². The fourth-order valence-electron chi connectivity index (χ4n) is 3.49. The zero-order valence-corrected chi connectivity index (χ0v) is 20.5. The highest BCUT2D eigenvalue weighted by Crippen LogP contribution is 2.31. The molecule has 0 fully saturated rings. The molecule has 0 aromatic heterocycles. The van der Waals surface area contributed by atoms with Crippen LogP contribution in [0.25, 0.3) is 0 Å². The number of ether oxygens (including phenoxy) is 4. The summed E-state index contributed by atoms with van der Waals surface area (Å²) in [4.78, 5) is 23.5. The number of carbonyl (C=O) groups excluding carboxylic acids is 2. The molecule has 9 nitrogen and oxygen atoms in total. The first-order valence-corrected chi connectivity index (χ1v) is 11.6. The van der Waals surface area contributed by atoms with Crippen LogP contribution in [0.1, 0.15) is 52.2 Å². The number of amides is 1. The maximum Gasteiger partial charge on any atom is 0.492 e. The summed E-state index contributed by atoms with van der Waals surface area (Å²) in [7, 11) is -1.14. The minimum atomic E-state index is -1.14. The molecule has 0 bridgehead atoms. The molecule has 3 rings (SSSR count). The van der Waals surface area contributed by atoms with Crippen molar-refractivity contribution in [1.29, 1.82) is 0 Å². The van der Waals surface area contributed by atoms with Crippen LogP contribution in [0.4, 0.5) is 4.79 Å². The van der Waals surface area contributed by atoms with Crippen molar-refractivity contribution in [2.24, 2.45) is 0 Å². The van der Waals surface area contributed by atoms with Crippen LogP contribution in [-0.4, -0.2) is 49.6 Å². The van der Waals surface area contributed by atoms with Crippen molar-refractivity contribution >= 4 is 24.6 Å². The molecule has 2 aromatic rings. The lowest BCUT2D eigenvalue weighted by atomic mass is 9.79. The van der Waals surface area contributed by atoms with Crippen LogP contribution >= 0.6 is 0 Å². The molecule has 1 amide bonds. The van der Waals surface area contributed by atoms with Crippen molar-refractivity contribution < 1.29 is 38.2 Å². The monoisotopic (exact) mass is 485 g/mol. The standard InChI is InChI=1S/C25H32BNO8/c1-5-31-23(28)16-22-20-11-10-19(15-21(20)26(30)35-22)33-18-9-6-8-17(14-18)32-13-7-12-27-24(29)34-25(2,3)4/h6,8-11,14-15,22,30H,5,7,12-13,16H2,1-4H3,(H,27,29)/t22-/m1/s1. The van der Waals surface area contributed by atoms with Crippen molar-refractivity contribution in [2.75, 3.05) is 19.8 Å². The topological polar surface area (TPSA) is 113 Å². The van der Waals surface area contributed by atoms with Crippen molar-refractivity contribution in [2.45, 2.75) is 52.2 Å². The van der Waals surface area contributed by atoms with Gasteiger partial charge in [0.05, 0.1) is 25.7 Å². The van der Waals surface area contributed by atoms with E-state index in [-0.39, 0.29) is 12.4 Å². The van der Waals surface area contributed by atoms with Gasteiger partial charge < -0.3 is 33.9 Å². The third-order valence-electron chi connectivity index (χ3n) is 4.92. The van der Waals surface area contributed by atoms with E-state index >= 15 is 0 Å². The van der Waals surface area contributed by atoms with Crippen molar-refractivity contribution in [3.63, 3.8) is 0 Å². The second kappa shape index (κ2) is 11.9. The molecule has 1 aliphatic rings. The number of benzene rings is 2. The summed E-state index contributed by atoms with van der Waals surface area (Å²) >= 11 is 0. The molecule has 0 spiro atoms. The van der Waals surface area contributed by atoms with Crippen molar-refractivity contribution in [1.82, 2.24) is 5.32 Å². The summed E-state index contributed by atoms with van der Waals surface area (Å²) < 4.78 is 27.4. The summed E-state index contributed by atoms with van der Waals surface area (Å²) in [6.45, 7) is 8.31. The molecular formula is C25H32BNO8. The van der Waals surface area contributed by atoms with E-state index in [1.165, 1.54) is 0 Å². The molecule has 2 N–H and O–H groups in total. The van der Waals surface area contributed by atoms with Crippen LogP contribution in [0.2, 0.25) is 0 Å². The minimum Gasteiger partial charge on any atom is -0.493 e. The van der Waals surface area contributed by atoms with E-state index in [4.69, 9.17) is 23.6 Å². The average molecular weight is 485 g/mol. The van der Waals surface area contributed by atoms with Gasteiger partial charge in [0.2, 0.25) is 0 Å². The molecule has 0 saturated carbocycles. The zero-order valence-electron chi connectivity index (χ0n) is 20.5. The molecule has 1 aliphatic heterocycles. The number of alkyl carbamates (subject to hydrolysis) is 1. The maximum atomic E-state index is 11.8. The molecular weight excluding hydrogens is 453 g/mol. The number of carbonyl (C=O) groups is 2. The van der Waals surface area contributed by atoms with Gasteiger partial charge in [-0.15, -0.1) is 0 Å². The summed E-state index contributed by atoms with van der Waals surface area (Å²) in [5.74, 6) is 1.32. The number of hydrogen-bond donors (Lipinski definition) is 2. The summed E-state index contributed by atoms with van der Waals surface area (Å²) in [6.07, 6.45) is -0.371. The van der Waals surface area contributed by atoms with Gasteiger partial charge in [-0.25, -0.2) is 4.79 Å². The highest BCUT2D eigenvalue weighted by molar-refractivity contribution is 6.61. The van der Waals surface area contributed by atoms with E-state index in [0.717, 1.165) is 5.56 Å². The molecule has 0 aliphatic carbocycles. The third kappa shape index (κ3) is 8.19. The molecule has 0 saturated heterocycles. The summed E-state index contributed by atoms with van der Waals surface area (Å²) in [6, 6.07) is 12.4. The largest absolute Gasteiger partial charge is 0.493 e. The average Bonchev–Trinajstić information content (AvgIpc) is 3.07. The molecule has 35 heavy (non-hydrogen) atoms. The molecule has 2 aromatic carbocycles. The predicted molar refractivity (Wildman–Crippen MR) is 130 cm³/mol. The van der Waals surface area contributed by atoms with E-state index in [9.17, 15) is 14.6 Å². The SMILES string of the molecule is CCOC(=O)C[C@H]1OB(O)c2cc(Oc3cccc(OCCCNC(=O)OC(C)(C)C)c3)ccc21. The van der Waals surface area contributed by atoms with E-state index in [0.29, 0.717) is 48.9 Å². The zero-order chi connectivity index (χ0) is 25.4. The Bertz CT molecular complexity index is 1020. The van der Waals surface area contributed by atoms with Gasteiger partial charge in [-0.05, 0) is 69.4 Å². The third-order valence-corrected chi connectivity index (χ3v) is 4.92. The second-order valence-corrected chi connectivity index (χ2v) is 8.98. The fourth-order valence-corrected chi connectivity index (χ4v) is 3.49. The first-order valence-electron chi connectivity index (χ1n) is 11.6. The summed E-state index contributed by atoms with van der Waals surface area (Å²) in [5, 5.41) is 13.0. The van der Waals surface area contributed by atoms with Gasteiger partial charge in [0.1, 0.15) is 22.8 Å². The number of fused-ring (bicyclic) bond motifs is 1. The highest BCUT2D eigenvalue weighted by Gasteiger charge is 2.36. The Labute approximate surface area is 205 Å². The van der Waals surface area contributed by atoms with Crippen LogP contribution in [0.15, 0.2) is 42.5 Å². The second-order valence-electron chi connectivity index (χ2n) is 8.98. The summed E-state index contributed by atoms with van der Waals surface area (Å²) in [5.41, 5.74) is 0.756. The van der Waals surface area contributed by atoms with Crippen molar-refractivity contribution in [3.05, 3.63) is 48.0 Å². The smallest absolute Gasteiger partial charge is 0.492 e. The van der Waals surface area contributed by atoms with E-state index in [2.05, 4.69) is 5.32 Å². The lowest BCUT2D eigenvalue weighted by Crippen LogP contribution is -2.33. The molecule has 0 radical (unpaired) electrons. The van der Waals surface area contributed by atoms with Gasteiger partial charge in [0, 0.05) is 12.6 Å². The Kier molecular flexibility index (Phi) is 9.00. The lowest BCUT2D eigenvalue weighted by Gasteiger charge is -2.19. The first kappa shape index (κ1) is 26.4. The molecule has 188 valence electrons. The van der Waals surface area contributed by atoms with E-state index < -0.39 is 24.9 Å². The first-order chi connectivity index (χ1) is 16.6. The molecule has 0 unspecified atom stereocenters. The number of nitrogens with one attached hydrogen (secondary N) is 1. The Balaban J connectivity index is 1.51. The highest BCUT2D eigenvalue weighted by atomic mass is 16.6. The molecule has 10 heteroatoms. The normalized spacial score (nSPS) is 14.8. The van der Waals surface area contributed by atoms with Gasteiger partial charge in [-0.3, -0.25) is 4.79 Å². The van der Waals surface area contributed by atoms with Gasteiger partial charge in [-0.1, -0.05) is 12.1 Å². The minimum absolute atomic E-state index is 0.0325. The predicted octanol–water partition coefficient (Wildman–Crippen LogP) is 3.48. The maximum absolute atomic E-state index is 11.8. The van der Waals surface area contributed by atoms with E-state index in [1.54, 1.807) is 37.3 Å². The lowest BCUT2D eigenvalue weighted by molar-refractivity contribution is -0.145. The fraction of sp³-hybridized carbons (Fsp3) is 0.440.